The van der Waals surface area contributed by atoms with Crippen LogP contribution in [0.25, 0.3) is 10.2 Å². The van der Waals surface area contributed by atoms with E-state index in [-0.39, 0.29) is 11.3 Å². The maximum atomic E-state index is 13.5. The van der Waals surface area contributed by atoms with E-state index in [4.69, 9.17) is 14.2 Å². The number of aromatic nitrogens is 1. The number of rotatable bonds is 8. The molecule has 0 saturated heterocycles. The Morgan fingerprint density at radius 3 is 2.44 bits per heavy atom. The van der Waals surface area contributed by atoms with Gasteiger partial charge in [0.15, 0.2) is 11.5 Å². The third-order valence-electron chi connectivity index (χ3n) is 5.03. The Hall–Kier alpha value is -4.03. The first kappa shape index (κ1) is 25.1. The lowest BCUT2D eigenvalue weighted by Crippen LogP contribution is -2.25. The van der Waals surface area contributed by atoms with Crippen LogP contribution in [0.3, 0.4) is 0 Å². The Kier molecular flexibility index (Phi) is 7.46. The summed E-state index contributed by atoms with van der Waals surface area (Å²) < 4.78 is 17.8. The molecular weight excluding hydrogens is 552 g/mol. The first-order valence-electron chi connectivity index (χ1n) is 10.3. The minimum atomic E-state index is -0.583. The summed E-state index contributed by atoms with van der Waals surface area (Å²) in [6, 6.07) is 14.4. The molecule has 0 atom stereocenters. The minimum Gasteiger partial charge on any atom is -0.493 e. The fraction of sp³-hybridized carbons (Fsp3) is 0.125. The predicted octanol–water partition coefficient (Wildman–Crippen LogP) is 5.67. The number of non-ortho nitro benzene ring substituents is 1. The van der Waals surface area contributed by atoms with Crippen molar-refractivity contribution in [2.45, 2.75) is 0 Å². The summed E-state index contributed by atoms with van der Waals surface area (Å²) in [5.74, 6) is 0.665. The number of carbonyl (C=O) groups excluding carboxylic acids is 1. The molecule has 1 heterocycles. The van der Waals surface area contributed by atoms with E-state index < -0.39 is 10.8 Å². The van der Waals surface area contributed by atoms with Crippen LogP contribution in [0.15, 0.2) is 64.2 Å². The number of benzene rings is 3. The molecule has 12 heteroatoms. The molecule has 1 aromatic heterocycles. The number of nitrogens with zero attached hydrogens (tertiary/aromatic N) is 4. The van der Waals surface area contributed by atoms with Gasteiger partial charge in [-0.05, 0) is 36.4 Å². The van der Waals surface area contributed by atoms with Crippen molar-refractivity contribution in [3.63, 3.8) is 0 Å². The summed E-state index contributed by atoms with van der Waals surface area (Å²) in [6.07, 6.45) is 1.45. The first-order chi connectivity index (χ1) is 17.3. The molecule has 0 aliphatic heterocycles. The summed E-state index contributed by atoms with van der Waals surface area (Å²) in [6.45, 7) is 0. The SMILES string of the molecule is COc1cc(/C=N/N(C(=O)c2cccc([N+](=O)[O-])c2)c2nc3ccc(Br)cc3s2)cc(OC)c1OC. The molecule has 0 aliphatic rings. The van der Waals surface area contributed by atoms with Crippen molar-refractivity contribution < 1.29 is 23.9 Å². The van der Waals surface area contributed by atoms with Gasteiger partial charge in [-0.1, -0.05) is 33.3 Å². The van der Waals surface area contributed by atoms with Gasteiger partial charge in [-0.25, -0.2) is 4.98 Å². The molecule has 0 saturated carbocycles. The summed E-state index contributed by atoms with van der Waals surface area (Å²) in [4.78, 5) is 28.8. The number of fused-ring (bicyclic) bond motifs is 1. The number of ether oxygens (including phenoxy) is 3. The molecular formula is C24H19BrN4O6S. The zero-order valence-corrected chi connectivity index (χ0v) is 21.7. The summed E-state index contributed by atoms with van der Waals surface area (Å²) >= 11 is 4.69. The van der Waals surface area contributed by atoms with Crippen molar-refractivity contribution in [1.82, 2.24) is 4.98 Å². The smallest absolute Gasteiger partial charge is 0.281 e. The number of hydrogen-bond donors (Lipinski definition) is 0. The van der Waals surface area contributed by atoms with Crippen LogP contribution in [0, 0.1) is 10.1 Å². The molecule has 0 N–H and O–H groups in total. The van der Waals surface area contributed by atoms with Crippen molar-refractivity contribution in [1.29, 1.82) is 0 Å². The zero-order chi connectivity index (χ0) is 25.8. The normalized spacial score (nSPS) is 11.0. The highest BCUT2D eigenvalue weighted by atomic mass is 79.9. The summed E-state index contributed by atoms with van der Waals surface area (Å²) in [5, 5.41) is 17.1. The van der Waals surface area contributed by atoms with Gasteiger partial charge in [-0.15, -0.1) is 0 Å². The van der Waals surface area contributed by atoms with Crippen molar-refractivity contribution in [2.24, 2.45) is 5.10 Å². The average Bonchev–Trinajstić information content (AvgIpc) is 3.30. The van der Waals surface area contributed by atoms with Gasteiger partial charge >= 0.3 is 0 Å². The van der Waals surface area contributed by atoms with Crippen LogP contribution in [0.2, 0.25) is 0 Å². The van der Waals surface area contributed by atoms with E-state index >= 15 is 0 Å². The fourth-order valence-corrected chi connectivity index (χ4v) is 4.81. The van der Waals surface area contributed by atoms with Crippen LogP contribution >= 0.6 is 27.3 Å². The van der Waals surface area contributed by atoms with E-state index in [9.17, 15) is 14.9 Å². The standard InChI is InChI=1S/C24H19BrN4O6S/c1-33-19-9-14(10-20(34-2)22(19)35-3)13-26-28(23(30)15-5-4-6-17(11-15)29(31)32)24-27-18-8-7-16(25)12-21(18)36-24/h4-13H,1-3H3/b26-13+. The molecule has 0 unspecified atom stereocenters. The lowest BCUT2D eigenvalue weighted by atomic mass is 10.2. The van der Waals surface area contributed by atoms with Gasteiger partial charge in [-0.3, -0.25) is 14.9 Å². The lowest BCUT2D eigenvalue weighted by Gasteiger charge is -2.15. The maximum Gasteiger partial charge on any atom is 0.281 e. The number of nitro groups is 1. The number of hydrogen-bond acceptors (Lipinski definition) is 9. The minimum absolute atomic E-state index is 0.0895. The Bertz CT molecular complexity index is 1460. The number of nitro benzene ring substituents is 1. The summed E-state index contributed by atoms with van der Waals surface area (Å²) in [5.41, 5.74) is 1.12. The third kappa shape index (κ3) is 5.14. The quantitative estimate of drug-likeness (QED) is 0.152. The second-order valence-corrected chi connectivity index (χ2v) is 9.16. The average molecular weight is 571 g/mol. The number of hydrazone groups is 1. The highest BCUT2D eigenvalue weighted by Crippen LogP contribution is 2.38. The second kappa shape index (κ2) is 10.7. The number of methoxy groups -OCH3 is 3. The van der Waals surface area contributed by atoms with Crippen LogP contribution < -0.4 is 19.2 Å². The first-order valence-corrected chi connectivity index (χ1v) is 11.9. The van der Waals surface area contributed by atoms with Crippen LogP contribution in [0.1, 0.15) is 15.9 Å². The number of halogens is 1. The monoisotopic (exact) mass is 570 g/mol. The largest absolute Gasteiger partial charge is 0.493 e. The Labute approximate surface area is 218 Å². The number of anilines is 1. The number of carbonyl (C=O) groups is 1. The number of thiazole rings is 1. The van der Waals surface area contributed by atoms with Gasteiger partial charge < -0.3 is 14.2 Å². The van der Waals surface area contributed by atoms with Gasteiger partial charge in [0.25, 0.3) is 11.6 Å². The van der Waals surface area contributed by atoms with Gasteiger partial charge in [0, 0.05) is 27.7 Å². The van der Waals surface area contributed by atoms with Crippen LogP contribution in [-0.2, 0) is 0 Å². The molecule has 0 radical (unpaired) electrons. The molecule has 0 spiro atoms. The lowest BCUT2D eigenvalue weighted by molar-refractivity contribution is -0.384. The van der Waals surface area contributed by atoms with Crippen molar-refractivity contribution in [3.8, 4) is 17.2 Å². The van der Waals surface area contributed by atoms with E-state index in [1.807, 2.05) is 18.2 Å². The molecule has 4 aromatic rings. The molecule has 10 nitrogen and oxygen atoms in total. The highest BCUT2D eigenvalue weighted by Gasteiger charge is 2.23. The molecule has 3 aromatic carbocycles. The molecule has 0 fully saturated rings. The second-order valence-electron chi connectivity index (χ2n) is 7.24. The van der Waals surface area contributed by atoms with E-state index in [1.54, 1.807) is 12.1 Å². The highest BCUT2D eigenvalue weighted by molar-refractivity contribution is 9.10. The summed E-state index contributed by atoms with van der Waals surface area (Å²) in [7, 11) is 4.49. The Morgan fingerprint density at radius 1 is 1.08 bits per heavy atom. The van der Waals surface area contributed by atoms with Crippen molar-refractivity contribution >= 4 is 60.4 Å². The molecule has 0 aliphatic carbocycles. The topological polar surface area (TPSA) is 116 Å². The van der Waals surface area contributed by atoms with E-state index in [0.717, 1.165) is 14.2 Å². The molecule has 184 valence electrons. The van der Waals surface area contributed by atoms with E-state index in [2.05, 4.69) is 26.0 Å². The van der Waals surface area contributed by atoms with Crippen LogP contribution in [-0.4, -0.2) is 43.4 Å². The Morgan fingerprint density at radius 2 is 1.81 bits per heavy atom. The van der Waals surface area contributed by atoms with E-state index in [0.29, 0.717) is 33.5 Å². The molecule has 4 rings (SSSR count). The van der Waals surface area contributed by atoms with Gasteiger partial charge in [0.05, 0.1) is 42.7 Å². The van der Waals surface area contributed by atoms with E-state index in [1.165, 1.54) is 63.1 Å². The predicted molar refractivity (Wildman–Crippen MR) is 141 cm³/mol. The third-order valence-corrected chi connectivity index (χ3v) is 6.51. The zero-order valence-electron chi connectivity index (χ0n) is 19.3. The van der Waals surface area contributed by atoms with Crippen molar-refractivity contribution in [3.05, 3.63) is 80.3 Å². The van der Waals surface area contributed by atoms with Crippen LogP contribution in [0.4, 0.5) is 10.8 Å². The molecule has 36 heavy (non-hydrogen) atoms. The maximum absolute atomic E-state index is 13.5. The fourth-order valence-electron chi connectivity index (χ4n) is 3.34. The molecule has 0 bridgehead atoms. The Balaban J connectivity index is 1.81. The number of amides is 1. The molecule has 1 amide bonds. The van der Waals surface area contributed by atoms with Crippen molar-refractivity contribution in [2.75, 3.05) is 26.3 Å². The van der Waals surface area contributed by atoms with Gasteiger partial charge in [-0.2, -0.15) is 10.1 Å². The van der Waals surface area contributed by atoms with Gasteiger partial charge in [0.1, 0.15) is 0 Å². The van der Waals surface area contributed by atoms with Crippen LogP contribution in [0.5, 0.6) is 17.2 Å². The van der Waals surface area contributed by atoms with Gasteiger partial charge in [0.2, 0.25) is 10.9 Å².